The maximum atomic E-state index is 9.19. The Labute approximate surface area is 97.1 Å². The maximum absolute atomic E-state index is 9.19. The third kappa shape index (κ3) is 2.97. The van der Waals surface area contributed by atoms with Gasteiger partial charge in [0.1, 0.15) is 5.75 Å². The zero-order valence-electron chi connectivity index (χ0n) is 9.82. The number of hydrogen-bond donors (Lipinski definition) is 2. The van der Waals surface area contributed by atoms with E-state index in [4.69, 9.17) is 0 Å². The van der Waals surface area contributed by atoms with Gasteiger partial charge in [-0.3, -0.25) is 0 Å². The van der Waals surface area contributed by atoms with Crippen molar-refractivity contribution in [2.45, 2.75) is 18.9 Å². The Balaban J connectivity index is 1.80. The SMILES string of the molecule is CN(CCc1ccc(O)cc1)C1CCNC1. The average Bonchev–Trinajstić information content (AvgIpc) is 2.81. The maximum Gasteiger partial charge on any atom is 0.115 e. The van der Waals surface area contributed by atoms with Crippen LogP contribution in [0.4, 0.5) is 0 Å². The number of nitrogens with zero attached hydrogens (tertiary/aromatic N) is 1. The lowest BCUT2D eigenvalue weighted by atomic mass is 10.1. The van der Waals surface area contributed by atoms with Crippen molar-refractivity contribution in [1.29, 1.82) is 0 Å². The molecule has 1 aromatic rings. The molecule has 0 spiro atoms. The van der Waals surface area contributed by atoms with Gasteiger partial charge in [0.05, 0.1) is 0 Å². The molecule has 2 rings (SSSR count). The van der Waals surface area contributed by atoms with Crippen molar-refractivity contribution < 1.29 is 5.11 Å². The van der Waals surface area contributed by atoms with E-state index in [1.54, 1.807) is 12.1 Å². The summed E-state index contributed by atoms with van der Waals surface area (Å²) in [5.41, 5.74) is 1.29. The summed E-state index contributed by atoms with van der Waals surface area (Å²) in [6, 6.07) is 8.20. The number of aromatic hydroxyl groups is 1. The normalized spacial score (nSPS) is 20.5. The van der Waals surface area contributed by atoms with Crippen molar-refractivity contribution in [1.82, 2.24) is 10.2 Å². The van der Waals surface area contributed by atoms with Crippen LogP contribution in [0, 0.1) is 0 Å². The molecule has 1 unspecified atom stereocenters. The number of nitrogens with one attached hydrogen (secondary N) is 1. The lowest BCUT2D eigenvalue weighted by Crippen LogP contribution is -2.34. The average molecular weight is 220 g/mol. The predicted molar refractivity (Wildman–Crippen MR) is 65.7 cm³/mol. The van der Waals surface area contributed by atoms with Gasteiger partial charge in [0.15, 0.2) is 0 Å². The zero-order valence-corrected chi connectivity index (χ0v) is 9.82. The third-order valence-corrected chi connectivity index (χ3v) is 3.35. The van der Waals surface area contributed by atoms with Crippen LogP contribution in [0.1, 0.15) is 12.0 Å². The van der Waals surface area contributed by atoms with E-state index >= 15 is 0 Å². The van der Waals surface area contributed by atoms with Gasteiger partial charge in [-0.05, 0) is 44.1 Å². The number of phenolic OH excluding ortho intramolecular Hbond substituents is 1. The molecule has 0 aliphatic carbocycles. The van der Waals surface area contributed by atoms with E-state index in [-0.39, 0.29) is 0 Å². The van der Waals surface area contributed by atoms with Crippen LogP contribution in [-0.2, 0) is 6.42 Å². The van der Waals surface area contributed by atoms with Crippen molar-refractivity contribution in [3.63, 3.8) is 0 Å². The first-order valence-electron chi connectivity index (χ1n) is 5.94. The quantitative estimate of drug-likeness (QED) is 0.801. The van der Waals surface area contributed by atoms with Gasteiger partial charge in [-0.2, -0.15) is 0 Å². The van der Waals surface area contributed by atoms with Gasteiger partial charge in [0.2, 0.25) is 0 Å². The highest BCUT2D eigenvalue weighted by atomic mass is 16.3. The van der Waals surface area contributed by atoms with Crippen LogP contribution in [0.5, 0.6) is 5.75 Å². The van der Waals surface area contributed by atoms with E-state index in [0.29, 0.717) is 11.8 Å². The number of benzene rings is 1. The fourth-order valence-corrected chi connectivity index (χ4v) is 2.17. The van der Waals surface area contributed by atoms with Gasteiger partial charge in [0, 0.05) is 19.1 Å². The molecule has 0 amide bonds. The van der Waals surface area contributed by atoms with Gasteiger partial charge in [0.25, 0.3) is 0 Å². The Morgan fingerprint density at radius 3 is 2.75 bits per heavy atom. The first-order valence-corrected chi connectivity index (χ1v) is 5.94. The second kappa shape index (κ2) is 5.32. The van der Waals surface area contributed by atoms with Crippen LogP contribution >= 0.6 is 0 Å². The second-order valence-corrected chi connectivity index (χ2v) is 4.54. The molecule has 0 saturated carbocycles. The van der Waals surface area contributed by atoms with E-state index in [2.05, 4.69) is 17.3 Å². The molecule has 0 aromatic heterocycles. The minimum atomic E-state index is 0.345. The van der Waals surface area contributed by atoms with E-state index in [1.165, 1.54) is 12.0 Å². The molecule has 0 radical (unpaired) electrons. The highest BCUT2D eigenvalue weighted by Gasteiger charge is 2.18. The smallest absolute Gasteiger partial charge is 0.115 e. The molecule has 1 aromatic carbocycles. The van der Waals surface area contributed by atoms with E-state index < -0.39 is 0 Å². The van der Waals surface area contributed by atoms with Crippen molar-refractivity contribution >= 4 is 0 Å². The summed E-state index contributed by atoms with van der Waals surface area (Å²) in [6.07, 6.45) is 2.30. The Morgan fingerprint density at radius 2 is 2.12 bits per heavy atom. The van der Waals surface area contributed by atoms with E-state index in [0.717, 1.165) is 26.1 Å². The first kappa shape index (κ1) is 11.4. The largest absolute Gasteiger partial charge is 0.508 e. The summed E-state index contributed by atoms with van der Waals surface area (Å²) in [6.45, 7) is 3.34. The van der Waals surface area contributed by atoms with Gasteiger partial charge >= 0.3 is 0 Å². The van der Waals surface area contributed by atoms with Gasteiger partial charge in [-0.1, -0.05) is 12.1 Å². The Kier molecular flexibility index (Phi) is 3.80. The van der Waals surface area contributed by atoms with Crippen molar-refractivity contribution in [3.8, 4) is 5.75 Å². The van der Waals surface area contributed by atoms with Crippen LogP contribution in [0.25, 0.3) is 0 Å². The van der Waals surface area contributed by atoms with Crippen molar-refractivity contribution in [2.75, 3.05) is 26.7 Å². The molecule has 1 fully saturated rings. The molecule has 0 bridgehead atoms. The van der Waals surface area contributed by atoms with Crippen LogP contribution in [-0.4, -0.2) is 42.7 Å². The van der Waals surface area contributed by atoms with E-state index in [9.17, 15) is 5.11 Å². The van der Waals surface area contributed by atoms with Crippen molar-refractivity contribution in [2.24, 2.45) is 0 Å². The molecule has 3 nitrogen and oxygen atoms in total. The highest BCUT2D eigenvalue weighted by Crippen LogP contribution is 2.12. The molecular weight excluding hydrogens is 200 g/mol. The molecule has 2 N–H and O–H groups in total. The summed E-state index contributed by atoms with van der Waals surface area (Å²) >= 11 is 0. The van der Waals surface area contributed by atoms with Gasteiger partial charge in [-0.25, -0.2) is 0 Å². The highest BCUT2D eigenvalue weighted by molar-refractivity contribution is 5.25. The molecule has 88 valence electrons. The number of likely N-dealkylation sites (N-methyl/N-ethyl adjacent to an activating group) is 1. The number of phenols is 1. The summed E-state index contributed by atoms with van der Waals surface area (Å²) in [5, 5.41) is 12.6. The summed E-state index contributed by atoms with van der Waals surface area (Å²) in [7, 11) is 2.19. The number of hydrogen-bond acceptors (Lipinski definition) is 3. The molecule has 3 heteroatoms. The van der Waals surface area contributed by atoms with Crippen LogP contribution in [0.15, 0.2) is 24.3 Å². The summed E-state index contributed by atoms with van der Waals surface area (Å²) in [4.78, 5) is 2.42. The van der Waals surface area contributed by atoms with Crippen LogP contribution in [0.3, 0.4) is 0 Å². The predicted octanol–water partition coefficient (Wildman–Crippen LogP) is 1.23. The zero-order chi connectivity index (χ0) is 11.4. The molecule has 1 aliphatic heterocycles. The Hall–Kier alpha value is -1.06. The minimum Gasteiger partial charge on any atom is -0.508 e. The molecular formula is C13H20N2O. The lowest BCUT2D eigenvalue weighted by Gasteiger charge is -2.23. The fraction of sp³-hybridized carbons (Fsp3) is 0.538. The van der Waals surface area contributed by atoms with Crippen LogP contribution in [0.2, 0.25) is 0 Å². The lowest BCUT2D eigenvalue weighted by molar-refractivity contribution is 0.260. The van der Waals surface area contributed by atoms with E-state index in [1.807, 2.05) is 12.1 Å². The van der Waals surface area contributed by atoms with Gasteiger partial charge < -0.3 is 15.3 Å². The molecule has 1 heterocycles. The molecule has 1 saturated heterocycles. The second-order valence-electron chi connectivity index (χ2n) is 4.54. The topological polar surface area (TPSA) is 35.5 Å². The summed E-state index contributed by atoms with van der Waals surface area (Å²) in [5.74, 6) is 0.345. The fourth-order valence-electron chi connectivity index (χ4n) is 2.17. The number of rotatable bonds is 4. The van der Waals surface area contributed by atoms with Gasteiger partial charge in [-0.15, -0.1) is 0 Å². The Bertz CT molecular complexity index is 317. The third-order valence-electron chi connectivity index (χ3n) is 3.35. The van der Waals surface area contributed by atoms with Crippen LogP contribution < -0.4 is 5.32 Å². The Morgan fingerprint density at radius 1 is 1.38 bits per heavy atom. The van der Waals surface area contributed by atoms with Crippen molar-refractivity contribution in [3.05, 3.63) is 29.8 Å². The first-order chi connectivity index (χ1) is 7.75. The molecule has 1 atom stereocenters. The standard InChI is InChI=1S/C13H20N2O/c1-15(12-6-8-14-10-12)9-7-11-2-4-13(16)5-3-11/h2-5,12,14,16H,6-10H2,1H3. The molecule has 1 aliphatic rings. The summed E-state index contributed by atoms with van der Waals surface area (Å²) < 4.78 is 0. The monoisotopic (exact) mass is 220 g/mol. The molecule has 16 heavy (non-hydrogen) atoms. The minimum absolute atomic E-state index is 0.345.